The molecule has 1 aromatic carbocycles. The number of halogens is 2. The zero-order valence-corrected chi connectivity index (χ0v) is 15.7. The van der Waals surface area contributed by atoms with Gasteiger partial charge in [-0.3, -0.25) is 14.7 Å². The summed E-state index contributed by atoms with van der Waals surface area (Å²) in [6.45, 7) is 4.34. The number of morpholine rings is 1. The molecule has 0 bridgehead atoms. The predicted molar refractivity (Wildman–Crippen MR) is 101 cm³/mol. The summed E-state index contributed by atoms with van der Waals surface area (Å²) in [5, 5.41) is 0. The summed E-state index contributed by atoms with van der Waals surface area (Å²) in [6.07, 6.45) is 1.60. The minimum Gasteiger partial charge on any atom is -0.378 e. The number of anilines is 1. The first-order chi connectivity index (χ1) is 13.6. The number of benzene rings is 1. The summed E-state index contributed by atoms with van der Waals surface area (Å²) in [6, 6.07) is 5.53. The van der Waals surface area contributed by atoms with Crippen molar-refractivity contribution in [2.45, 2.75) is 25.3 Å². The first-order valence-electron chi connectivity index (χ1n) is 9.69. The lowest BCUT2D eigenvalue weighted by Gasteiger charge is -2.32. The van der Waals surface area contributed by atoms with Gasteiger partial charge >= 0.3 is 0 Å². The SMILES string of the molecule is O=c1cc(C2CCN(Cc3c(F)cccc3F)CC2)nc(N2CCOCC2)[nH]1. The van der Waals surface area contributed by atoms with Crippen LogP contribution in [0.5, 0.6) is 0 Å². The Morgan fingerprint density at radius 3 is 2.46 bits per heavy atom. The summed E-state index contributed by atoms with van der Waals surface area (Å²) in [5.74, 6) is -0.243. The number of nitrogens with one attached hydrogen (secondary N) is 1. The average Bonchev–Trinajstić information content (AvgIpc) is 2.71. The van der Waals surface area contributed by atoms with Crippen LogP contribution in [-0.4, -0.2) is 54.3 Å². The third kappa shape index (κ3) is 4.23. The van der Waals surface area contributed by atoms with Crippen LogP contribution in [0.25, 0.3) is 0 Å². The normalized spacial score (nSPS) is 19.1. The van der Waals surface area contributed by atoms with Crippen LogP contribution in [0.2, 0.25) is 0 Å². The second-order valence-electron chi connectivity index (χ2n) is 7.34. The van der Waals surface area contributed by atoms with Crippen molar-refractivity contribution >= 4 is 5.95 Å². The standard InChI is InChI=1S/C20H24F2N4O2/c21-16-2-1-3-17(22)15(16)13-25-6-4-14(5-7-25)18-12-19(27)24-20(23-18)26-8-10-28-11-9-26/h1-3,12,14H,4-11,13H2,(H,23,24,27). The number of ether oxygens (including phenoxy) is 1. The summed E-state index contributed by atoms with van der Waals surface area (Å²) in [4.78, 5) is 23.7. The van der Waals surface area contributed by atoms with E-state index in [1.165, 1.54) is 18.2 Å². The smallest absolute Gasteiger partial charge is 0.252 e. The molecule has 2 aromatic rings. The second-order valence-corrected chi connectivity index (χ2v) is 7.34. The Balaban J connectivity index is 1.42. The third-order valence-electron chi connectivity index (χ3n) is 5.51. The second kappa shape index (κ2) is 8.36. The van der Waals surface area contributed by atoms with E-state index in [1.54, 1.807) is 6.07 Å². The van der Waals surface area contributed by atoms with Gasteiger partial charge in [-0.15, -0.1) is 0 Å². The molecule has 0 radical (unpaired) electrons. The van der Waals surface area contributed by atoms with Gasteiger partial charge in [0.25, 0.3) is 5.56 Å². The summed E-state index contributed by atoms with van der Waals surface area (Å²) in [7, 11) is 0. The molecule has 2 fully saturated rings. The summed E-state index contributed by atoms with van der Waals surface area (Å²) >= 11 is 0. The van der Waals surface area contributed by atoms with Gasteiger partial charge in [0, 0.05) is 37.2 Å². The number of hydrogen-bond donors (Lipinski definition) is 1. The van der Waals surface area contributed by atoms with Crippen LogP contribution in [-0.2, 0) is 11.3 Å². The minimum absolute atomic E-state index is 0.116. The van der Waals surface area contributed by atoms with Gasteiger partial charge in [0.1, 0.15) is 11.6 Å². The molecule has 8 heteroatoms. The van der Waals surface area contributed by atoms with Gasteiger partial charge in [-0.2, -0.15) is 0 Å². The maximum Gasteiger partial charge on any atom is 0.252 e. The molecule has 0 saturated carbocycles. The molecule has 28 heavy (non-hydrogen) atoms. The van der Waals surface area contributed by atoms with E-state index in [0.717, 1.165) is 18.5 Å². The van der Waals surface area contributed by atoms with Gasteiger partial charge in [-0.05, 0) is 38.1 Å². The highest BCUT2D eigenvalue weighted by Gasteiger charge is 2.25. The molecule has 150 valence electrons. The Morgan fingerprint density at radius 1 is 1.11 bits per heavy atom. The molecule has 0 spiro atoms. The van der Waals surface area contributed by atoms with E-state index in [0.29, 0.717) is 45.3 Å². The highest BCUT2D eigenvalue weighted by Crippen LogP contribution is 2.28. The summed E-state index contributed by atoms with van der Waals surface area (Å²) < 4.78 is 33.1. The van der Waals surface area contributed by atoms with Crippen molar-refractivity contribution in [2.75, 3.05) is 44.3 Å². The largest absolute Gasteiger partial charge is 0.378 e. The zero-order chi connectivity index (χ0) is 19.5. The Hall–Kier alpha value is -2.32. The number of likely N-dealkylation sites (tertiary alicyclic amines) is 1. The van der Waals surface area contributed by atoms with Crippen LogP contribution in [0.1, 0.15) is 30.0 Å². The third-order valence-corrected chi connectivity index (χ3v) is 5.51. The van der Waals surface area contributed by atoms with Gasteiger partial charge in [-0.25, -0.2) is 13.8 Å². The van der Waals surface area contributed by atoms with Crippen LogP contribution >= 0.6 is 0 Å². The van der Waals surface area contributed by atoms with Crippen molar-refractivity contribution in [3.63, 3.8) is 0 Å². The van der Waals surface area contributed by atoms with Gasteiger partial charge in [0.15, 0.2) is 0 Å². The molecule has 0 amide bonds. The molecule has 0 atom stereocenters. The van der Waals surface area contributed by atoms with Crippen molar-refractivity contribution in [1.82, 2.24) is 14.9 Å². The molecule has 3 heterocycles. The Morgan fingerprint density at radius 2 is 1.79 bits per heavy atom. The van der Waals surface area contributed by atoms with Gasteiger partial charge in [-0.1, -0.05) is 6.07 Å². The van der Waals surface area contributed by atoms with Crippen molar-refractivity contribution in [2.24, 2.45) is 0 Å². The summed E-state index contributed by atoms with van der Waals surface area (Å²) in [5.41, 5.74) is 0.758. The van der Waals surface area contributed by atoms with Crippen molar-refractivity contribution < 1.29 is 13.5 Å². The molecular formula is C20H24F2N4O2. The maximum atomic E-state index is 13.9. The fourth-order valence-corrected chi connectivity index (χ4v) is 3.89. The lowest BCUT2D eigenvalue weighted by Crippen LogP contribution is -2.39. The maximum absolute atomic E-state index is 13.9. The highest BCUT2D eigenvalue weighted by molar-refractivity contribution is 5.31. The quantitative estimate of drug-likeness (QED) is 0.868. The highest BCUT2D eigenvalue weighted by atomic mass is 19.1. The first kappa shape index (κ1) is 19.0. The fraction of sp³-hybridized carbons (Fsp3) is 0.500. The van der Waals surface area contributed by atoms with Crippen molar-refractivity contribution in [1.29, 1.82) is 0 Å². The van der Waals surface area contributed by atoms with E-state index in [-0.39, 0.29) is 23.6 Å². The fourth-order valence-electron chi connectivity index (χ4n) is 3.89. The van der Waals surface area contributed by atoms with Gasteiger partial charge < -0.3 is 9.64 Å². The molecular weight excluding hydrogens is 366 g/mol. The Kier molecular flexibility index (Phi) is 5.68. The molecule has 4 rings (SSSR count). The predicted octanol–water partition coefficient (Wildman–Crippen LogP) is 2.26. The molecule has 2 aliphatic rings. The van der Waals surface area contributed by atoms with Crippen molar-refractivity contribution in [3.8, 4) is 0 Å². The van der Waals surface area contributed by atoms with Crippen LogP contribution < -0.4 is 10.5 Å². The first-order valence-corrected chi connectivity index (χ1v) is 9.69. The van der Waals surface area contributed by atoms with Crippen LogP contribution in [0.15, 0.2) is 29.1 Å². The van der Waals surface area contributed by atoms with E-state index in [4.69, 9.17) is 9.72 Å². The Bertz CT molecular complexity index is 854. The lowest BCUT2D eigenvalue weighted by atomic mass is 9.93. The number of hydrogen-bond acceptors (Lipinski definition) is 5. The number of nitrogens with zero attached hydrogens (tertiary/aromatic N) is 3. The number of aromatic amines is 1. The molecule has 2 saturated heterocycles. The number of aromatic nitrogens is 2. The lowest BCUT2D eigenvalue weighted by molar-refractivity contribution is 0.122. The molecule has 2 aliphatic heterocycles. The van der Waals surface area contributed by atoms with Crippen molar-refractivity contribution in [3.05, 3.63) is 57.5 Å². The number of H-pyrrole nitrogens is 1. The van der Waals surface area contributed by atoms with Crippen LogP contribution in [0.4, 0.5) is 14.7 Å². The molecule has 1 aromatic heterocycles. The Labute approximate surface area is 162 Å². The van der Waals surface area contributed by atoms with E-state index in [9.17, 15) is 13.6 Å². The number of rotatable bonds is 4. The topological polar surface area (TPSA) is 61.5 Å². The minimum atomic E-state index is -0.506. The van der Waals surface area contributed by atoms with E-state index >= 15 is 0 Å². The number of piperidine rings is 1. The van der Waals surface area contributed by atoms with E-state index < -0.39 is 11.6 Å². The van der Waals surface area contributed by atoms with E-state index in [1.807, 2.05) is 9.80 Å². The van der Waals surface area contributed by atoms with Crippen LogP contribution in [0.3, 0.4) is 0 Å². The molecule has 0 unspecified atom stereocenters. The molecule has 6 nitrogen and oxygen atoms in total. The zero-order valence-electron chi connectivity index (χ0n) is 15.7. The van der Waals surface area contributed by atoms with Crippen LogP contribution in [0, 0.1) is 11.6 Å². The van der Waals surface area contributed by atoms with Gasteiger partial charge in [0.05, 0.1) is 18.9 Å². The average molecular weight is 390 g/mol. The molecule has 0 aliphatic carbocycles. The van der Waals surface area contributed by atoms with Gasteiger partial charge in [0.2, 0.25) is 5.95 Å². The van der Waals surface area contributed by atoms with E-state index in [2.05, 4.69) is 4.98 Å². The monoisotopic (exact) mass is 390 g/mol. The molecule has 1 N–H and O–H groups in total.